The zero-order valence-corrected chi connectivity index (χ0v) is 7.88. The van der Waals surface area contributed by atoms with Crippen LogP contribution in [0.25, 0.3) is 0 Å². The van der Waals surface area contributed by atoms with Gasteiger partial charge in [0.2, 0.25) is 0 Å². The van der Waals surface area contributed by atoms with Gasteiger partial charge in [0.05, 0.1) is 12.6 Å². The van der Waals surface area contributed by atoms with Gasteiger partial charge in [-0.25, -0.2) is 0 Å². The number of hydrogen-bond acceptors (Lipinski definition) is 2. The van der Waals surface area contributed by atoms with Crippen molar-refractivity contribution in [3.8, 4) is 0 Å². The fraction of sp³-hybridized carbons (Fsp3) is 0.333. The summed E-state index contributed by atoms with van der Waals surface area (Å²) < 4.78 is 4.93. The molecule has 68 valence electrons. The van der Waals surface area contributed by atoms with Crippen LogP contribution < -0.4 is 5.73 Å². The van der Waals surface area contributed by atoms with Crippen LogP contribution in [0.5, 0.6) is 0 Å². The van der Waals surface area contributed by atoms with E-state index < -0.39 is 0 Å². The van der Waals surface area contributed by atoms with Crippen molar-refractivity contribution in [3.63, 3.8) is 0 Å². The van der Waals surface area contributed by atoms with Crippen molar-refractivity contribution in [2.45, 2.75) is 6.04 Å². The normalized spacial score (nSPS) is 11.8. The summed E-state index contributed by atoms with van der Waals surface area (Å²) >= 11 is 0. The highest BCUT2D eigenvalue weighted by Crippen LogP contribution is 2.08. The number of methoxy groups -OCH3 is 1. The van der Waals surface area contributed by atoms with Crippen molar-refractivity contribution in [1.82, 2.24) is 0 Å². The Bertz CT molecular complexity index is 203. The Morgan fingerprint density at radius 1 is 1.33 bits per heavy atom. The molecule has 0 aliphatic carbocycles. The van der Waals surface area contributed by atoms with Gasteiger partial charge >= 0.3 is 0 Å². The lowest BCUT2D eigenvalue weighted by molar-refractivity contribution is 0.181. The maximum atomic E-state index is 5.78. The van der Waals surface area contributed by atoms with Crippen molar-refractivity contribution in [2.75, 3.05) is 13.7 Å². The third-order valence-electron chi connectivity index (χ3n) is 1.57. The van der Waals surface area contributed by atoms with Crippen molar-refractivity contribution in [3.05, 3.63) is 35.9 Å². The van der Waals surface area contributed by atoms with E-state index in [1.807, 2.05) is 30.3 Å². The molecule has 0 amide bonds. The molecule has 1 atom stereocenters. The van der Waals surface area contributed by atoms with Crippen LogP contribution in [0.15, 0.2) is 30.3 Å². The van der Waals surface area contributed by atoms with Crippen LogP contribution in [-0.4, -0.2) is 13.7 Å². The van der Waals surface area contributed by atoms with Gasteiger partial charge in [0.15, 0.2) is 0 Å². The van der Waals surface area contributed by atoms with E-state index in [0.717, 1.165) is 5.56 Å². The maximum Gasteiger partial charge on any atom is 0.0655 e. The molecule has 1 aromatic carbocycles. The molecular formula is C9H14ClNO. The Hall–Kier alpha value is -0.570. The van der Waals surface area contributed by atoms with E-state index in [1.165, 1.54) is 0 Å². The summed E-state index contributed by atoms with van der Waals surface area (Å²) in [5.41, 5.74) is 6.90. The second-order valence-electron chi connectivity index (χ2n) is 2.47. The van der Waals surface area contributed by atoms with Gasteiger partial charge in [-0.2, -0.15) is 0 Å². The summed E-state index contributed by atoms with van der Waals surface area (Å²) in [5, 5.41) is 0. The average Bonchev–Trinajstić information content (AvgIpc) is 2.07. The van der Waals surface area contributed by atoms with Crippen LogP contribution in [-0.2, 0) is 4.74 Å². The first kappa shape index (κ1) is 11.4. The fourth-order valence-corrected chi connectivity index (χ4v) is 0.976. The van der Waals surface area contributed by atoms with Gasteiger partial charge in [0.25, 0.3) is 0 Å². The minimum absolute atomic E-state index is 0. The van der Waals surface area contributed by atoms with Gasteiger partial charge < -0.3 is 10.5 Å². The molecule has 2 nitrogen and oxygen atoms in total. The van der Waals surface area contributed by atoms with Crippen molar-refractivity contribution < 1.29 is 4.74 Å². The van der Waals surface area contributed by atoms with Crippen LogP contribution in [0.4, 0.5) is 0 Å². The molecule has 0 spiro atoms. The van der Waals surface area contributed by atoms with E-state index in [2.05, 4.69) is 0 Å². The Morgan fingerprint density at radius 2 is 1.92 bits per heavy atom. The number of nitrogens with two attached hydrogens (primary N) is 1. The van der Waals surface area contributed by atoms with E-state index in [-0.39, 0.29) is 18.4 Å². The Morgan fingerprint density at radius 3 is 2.42 bits per heavy atom. The summed E-state index contributed by atoms with van der Waals surface area (Å²) in [6.45, 7) is 0.573. The third kappa shape index (κ3) is 3.22. The van der Waals surface area contributed by atoms with Crippen molar-refractivity contribution in [1.29, 1.82) is 0 Å². The van der Waals surface area contributed by atoms with Gasteiger partial charge in [-0.1, -0.05) is 30.3 Å². The zero-order valence-electron chi connectivity index (χ0n) is 7.07. The fourth-order valence-electron chi connectivity index (χ4n) is 0.976. The van der Waals surface area contributed by atoms with Crippen LogP contribution >= 0.6 is 12.4 Å². The lowest BCUT2D eigenvalue weighted by atomic mass is 10.1. The third-order valence-corrected chi connectivity index (χ3v) is 1.57. The second-order valence-corrected chi connectivity index (χ2v) is 2.47. The first-order chi connectivity index (χ1) is 5.34. The van der Waals surface area contributed by atoms with Gasteiger partial charge in [-0.15, -0.1) is 12.4 Å². The molecule has 0 aliphatic rings. The quantitative estimate of drug-likeness (QED) is 0.783. The molecule has 0 saturated heterocycles. The van der Waals surface area contributed by atoms with Crippen molar-refractivity contribution >= 4 is 12.4 Å². The smallest absolute Gasteiger partial charge is 0.0655 e. The number of ether oxygens (including phenoxy) is 1. The highest BCUT2D eigenvalue weighted by atomic mass is 35.5. The van der Waals surface area contributed by atoms with Gasteiger partial charge in [-0.05, 0) is 5.56 Å². The molecule has 0 aromatic heterocycles. The predicted molar refractivity (Wildman–Crippen MR) is 52.5 cm³/mol. The number of rotatable bonds is 3. The van der Waals surface area contributed by atoms with Crippen molar-refractivity contribution in [2.24, 2.45) is 5.73 Å². The van der Waals surface area contributed by atoms with Gasteiger partial charge in [0.1, 0.15) is 0 Å². The Kier molecular flexibility index (Phi) is 5.72. The lowest BCUT2D eigenvalue weighted by Crippen LogP contribution is -2.15. The highest BCUT2D eigenvalue weighted by Gasteiger charge is 2.02. The molecule has 0 saturated carbocycles. The molecule has 3 heteroatoms. The number of benzene rings is 1. The lowest BCUT2D eigenvalue weighted by Gasteiger charge is -2.09. The minimum atomic E-state index is 0. The van der Waals surface area contributed by atoms with E-state index in [0.29, 0.717) is 6.61 Å². The molecule has 2 N–H and O–H groups in total. The average molecular weight is 188 g/mol. The van der Waals surface area contributed by atoms with Crippen LogP contribution in [0.1, 0.15) is 11.6 Å². The Labute approximate surface area is 79.1 Å². The molecule has 0 bridgehead atoms. The maximum absolute atomic E-state index is 5.78. The topological polar surface area (TPSA) is 35.2 Å². The van der Waals surface area contributed by atoms with Crippen LogP contribution in [0.2, 0.25) is 0 Å². The molecule has 1 aromatic rings. The standard InChI is InChI=1S/C9H13NO.ClH/c1-11-7-9(10)8-5-3-2-4-6-8;/h2-6,9H,7,10H2,1H3;1H. The van der Waals surface area contributed by atoms with Gasteiger partial charge in [0, 0.05) is 7.11 Å². The Balaban J connectivity index is 0.00000121. The summed E-state index contributed by atoms with van der Waals surface area (Å²) in [4.78, 5) is 0. The second kappa shape index (κ2) is 6.00. The van der Waals surface area contributed by atoms with E-state index in [4.69, 9.17) is 10.5 Å². The molecule has 0 radical (unpaired) electrons. The first-order valence-corrected chi connectivity index (χ1v) is 3.64. The number of halogens is 1. The summed E-state index contributed by atoms with van der Waals surface area (Å²) in [6.07, 6.45) is 0. The SMILES string of the molecule is COCC(N)c1ccccc1.Cl. The minimum Gasteiger partial charge on any atom is -0.383 e. The highest BCUT2D eigenvalue weighted by molar-refractivity contribution is 5.85. The first-order valence-electron chi connectivity index (χ1n) is 3.64. The molecule has 1 unspecified atom stereocenters. The monoisotopic (exact) mass is 187 g/mol. The molecule has 12 heavy (non-hydrogen) atoms. The molecule has 1 rings (SSSR count). The molecule has 0 heterocycles. The predicted octanol–water partition coefficient (Wildman–Crippen LogP) is 1.75. The van der Waals surface area contributed by atoms with E-state index in [1.54, 1.807) is 7.11 Å². The largest absolute Gasteiger partial charge is 0.383 e. The zero-order chi connectivity index (χ0) is 8.10. The molecular weight excluding hydrogens is 174 g/mol. The number of hydrogen-bond donors (Lipinski definition) is 1. The molecule has 0 fully saturated rings. The van der Waals surface area contributed by atoms with E-state index in [9.17, 15) is 0 Å². The van der Waals surface area contributed by atoms with E-state index >= 15 is 0 Å². The van der Waals surface area contributed by atoms with Crippen LogP contribution in [0.3, 0.4) is 0 Å². The summed E-state index contributed by atoms with van der Waals surface area (Å²) in [6, 6.07) is 9.94. The molecule has 0 aliphatic heterocycles. The summed E-state index contributed by atoms with van der Waals surface area (Å²) in [7, 11) is 1.66. The van der Waals surface area contributed by atoms with Crippen LogP contribution in [0, 0.1) is 0 Å². The summed E-state index contributed by atoms with van der Waals surface area (Å²) in [5.74, 6) is 0. The van der Waals surface area contributed by atoms with Gasteiger partial charge in [-0.3, -0.25) is 0 Å².